The van der Waals surface area contributed by atoms with E-state index in [2.05, 4.69) is 5.10 Å². The molecule has 0 aliphatic carbocycles. The molecule has 0 saturated carbocycles. The highest BCUT2D eigenvalue weighted by Gasteiger charge is 2.33. The van der Waals surface area contributed by atoms with E-state index in [0.717, 1.165) is 37.2 Å². The highest BCUT2D eigenvalue weighted by Crippen LogP contribution is 2.26. The van der Waals surface area contributed by atoms with E-state index in [0.29, 0.717) is 25.2 Å². The molecule has 0 radical (unpaired) electrons. The minimum absolute atomic E-state index is 0.00510. The van der Waals surface area contributed by atoms with Crippen LogP contribution in [0.2, 0.25) is 0 Å². The molecule has 2 aliphatic heterocycles. The standard InChI is InChI=1S/C17H26N4O3/c1-17(2,3)24-16(23)20-10-7-13-12(11-20)14-15(22)19(4)8-5-6-9-21(14)18-13/h5-11H2,1-4H3. The Morgan fingerprint density at radius 1 is 1.17 bits per heavy atom. The summed E-state index contributed by atoms with van der Waals surface area (Å²) in [5.41, 5.74) is 1.93. The number of hydrogen-bond donors (Lipinski definition) is 0. The summed E-state index contributed by atoms with van der Waals surface area (Å²) in [4.78, 5) is 28.5. The molecule has 0 saturated heterocycles. The van der Waals surface area contributed by atoms with Crippen LogP contribution in [0.15, 0.2) is 0 Å². The molecule has 0 atom stereocenters. The molecule has 7 heteroatoms. The van der Waals surface area contributed by atoms with Crippen LogP contribution in [-0.4, -0.2) is 57.3 Å². The summed E-state index contributed by atoms with van der Waals surface area (Å²) >= 11 is 0. The van der Waals surface area contributed by atoms with Crippen molar-refractivity contribution in [3.63, 3.8) is 0 Å². The van der Waals surface area contributed by atoms with Crippen LogP contribution in [-0.2, 0) is 24.2 Å². The minimum atomic E-state index is -0.527. The number of aryl methyl sites for hydroxylation is 1. The number of ether oxygens (including phenoxy) is 1. The molecule has 0 bridgehead atoms. The van der Waals surface area contributed by atoms with Crippen molar-refractivity contribution in [3.05, 3.63) is 17.0 Å². The fourth-order valence-corrected chi connectivity index (χ4v) is 3.20. The Hall–Kier alpha value is -2.05. The first-order valence-corrected chi connectivity index (χ1v) is 8.58. The van der Waals surface area contributed by atoms with Crippen LogP contribution in [0, 0.1) is 0 Å². The molecule has 132 valence electrons. The smallest absolute Gasteiger partial charge is 0.410 e. The molecule has 0 fully saturated rings. The lowest BCUT2D eigenvalue weighted by Crippen LogP contribution is -2.40. The topological polar surface area (TPSA) is 67.7 Å². The number of rotatable bonds is 0. The van der Waals surface area contributed by atoms with Gasteiger partial charge >= 0.3 is 6.09 Å². The lowest BCUT2D eigenvalue weighted by molar-refractivity contribution is 0.0222. The maximum absolute atomic E-state index is 12.8. The van der Waals surface area contributed by atoms with Gasteiger partial charge in [-0.05, 0) is 33.6 Å². The minimum Gasteiger partial charge on any atom is -0.444 e. The van der Waals surface area contributed by atoms with Crippen molar-refractivity contribution in [2.24, 2.45) is 0 Å². The van der Waals surface area contributed by atoms with Crippen LogP contribution >= 0.6 is 0 Å². The van der Waals surface area contributed by atoms with Crippen LogP contribution in [0.1, 0.15) is 55.4 Å². The van der Waals surface area contributed by atoms with Crippen molar-refractivity contribution in [2.75, 3.05) is 20.1 Å². The monoisotopic (exact) mass is 334 g/mol. The van der Waals surface area contributed by atoms with Gasteiger partial charge in [0.15, 0.2) is 0 Å². The Balaban J connectivity index is 1.88. The Morgan fingerprint density at radius 2 is 1.88 bits per heavy atom. The molecule has 0 aromatic carbocycles. The summed E-state index contributed by atoms with van der Waals surface area (Å²) in [5.74, 6) is -0.00510. The molecule has 2 aliphatic rings. The van der Waals surface area contributed by atoms with Gasteiger partial charge in [0.1, 0.15) is 11.3 Å². The molecule has 0 N–H and O–H groups in total. The zero-order chi connectivity index (χ0) is 17.5. The molecule has 3 rings (SSSR count). The number of nitrogens with zero attached hydrogens (tertiary/aromatic N) is 4. The Morgan fingerprint density at radius 3 is 2.58 bits per heavy atom. The average Bonchev–Trinajstić information content (AvgIpc) is 2.84. The predicted octanol–water partition coefficient (Wildman–Crippen LogP) is 2.04. The third-order valence-electron chi connectivity index (χ3n) is 4.42. The number of carbonyl (C=O) groups is 2. The van der Waals surface area contributed by atoms with Crippen molar-refractivity contribution in [3.8, 4) is 0 Å². The van der Waals surface area contributed by atoms with Gasteiger partial charge in [-0.25, -0.2) is 4.79 Å². The molecule has 3 heterocycles. The fourth-order valence-electron chi connectivity index (χ4n) is 3.20. The molecule has 24 heavy (non-hydrogen) atoms. The average molecular weight is 334 g/mol. The van der Waals surface area contributed by atoms with Crippen molar-refractivity contribution < 1.29 is 14.3 Å². The molecule has 0 unspecified atom stereocenters. The van der Waals surface area contributed by atoms with E-state index in [-0.39, 0.29) is 12.0 Å². The summed E-state index contributed by atoms with van der Waals surface area (Å²) < 4.78 is 7.30. The number of aromatic nitrogens is 2. The van der Waals surface area contributed by atoms with Gasteiger partial charge < -0.3 is 14.5 Å². The van der Waals surface area contributed by atoms with Gasteiger partial charge in [-0.1, -0.05) is 0 Å². The van der Waals surface area contributed by atoms with Gasteiger partial charge in [0, 0.05) is 38.7 Å². The van der Waals surface area contributed by atoms with Gasteiger partial charge in [-0.15, -0.1) is 0 Å². The second kappa shape index (κ2) is 6.11. The third-order valence-corrected chi connectivity index (χ3v) is 4.42. The van der Waals surface area contributed by atoms with E-state index in [1.807, 2.05) is 32.5 Å². The number of hydrogen-bond acceptors (Lipinski definition) is 4. The van der Waals surface area contributed by atoms with Crippen molar-refractivity contribution in [1.82, 2.24) is 19.6 Å². The number of carbonyl (C=O) groups excluding carboxylic acids is 2. The maximum atomic E-state index is 12.8. The maximum Gasteiger partial charge on any atom is 0.410 e. The van der Waals surface area contributed by atoms with E-state index in [1.54, 1.807) is 9.80 Å². The molecule has 2 amide bonds. The third kappa shape index (κ3) is 3.25. The van der Waals surface area contributed by atoms with Gasteiger partial charge in [0.25, 0.3) is 5.91 Å². The van der Waals surface area contributed by atoms with Crippen molar-refractivity contribution in [1.29, 1.82) is 0 Å². The number of amides is 2. The van der Waals surface area contributed by atoms with E-state index in [4.69, 9.17) is 4.74 Å². The van der Waals surface area contributed by atoms with Crippen LogP contribution in [0.5, 0.6) is 0 Å². The predicted molar refractivity (Wildman–Crippen MR) is 88.8 cm³/mol. The zero-order valence-electron chi connectivity index (χ0n) is 15.0. The number of fused-ring (bicyclic) bond motifs is 3. The first-order chi connectivity index (χ1) is 11.3. The summed E-state index contributed by atoms with van der Waals surface area (Å²) in [6.07, 6.45) is 2.31. The lowest BCUT2D eigenvalue weighted by atomic mass is 10.0. The van der Waals surface area contributed by atoms with Gasteiger partial charge in [-0.3, -0.25) is 9.48 Å². The molecule has 1 aromatic rings. The Bertz CT molecular complexity index is 660. The first kappa shape index (κ1) is 16.8. The van der Waals surface area contributed by atoms with Gasteiger partial charge in [0.05, 0.1) is 12.2 Å². The van der Waals surface area contributed by atoms with E-state index < -0.39 is 5.60 Å². The second-order valence-electron chi connectivity index (χ2n) is 7.58. The van der Waals surface area contributed by atoms with Crippen molar-refractivity contribution in [2.45, 2.75) is 58.7 Å². The van der Waals surface area contributed by atoms with E-state index in [9.17, 15) is 9.59 Å². The molecular formula is C17H26N4O3. The SMILES string of the molecule is CN1CCCCn2nc3c(c2C1=O)CN(C(=O)OC(C)(C)C)CC3. The summed E-state index contributed by atoms with van der Waals surface area (Å²) in [7, 11) is 1.83. The quantitative estimate of drug-likeness (QED) is 0.728. The Kier molecular flexibility index (Phi) is 4.27. The normalized spacial score (nSPS) is 18.6. The van der Waals surface area contributed by atoms with Crippen molar-refractivity contribution >= 4 is 12.0 Å². The summed E-state index contributed by atoms with van der Waals surface area (Å²) in [6.45, 7) is 8.04. The van der Waals surface area contributed by atoms with Gasteiger partial charge in [-0.2, -0.15) is 5.10 Å². The van der Waals surface area contributed by atoms with Gasteiger partial charge in [0.2, 0.25) is 0 Å². The molecular weight excluding hydrogens is 308 g/mol. The van der Waals surface area contributed by atoms with Crippen LogP contribution in [0.3, 0.4) is 0 Å². The van der Waals surface area contributed by atoms with E-state index in [1.165, 1.54) is 0 Å². The lowest BCUT2D eigenvalue weighted by Gasteiger charge is -2.30. The first-order valence-electron chi connectivity index (χ1n) is 8.58. The summed E-state index contributed by atoms with van der Waals surface area (Å²) in [5, 5.41) is 4.64. The largest absolute Gasteiger partial charge is 0.444 e. The van der Waals surface area contributed by atoms with Crippen LogP contribution in [0.25, 0.3) is 0 Å². The van der Waals surface area contributed by atoms with E-state index >= 15 is 0 Å². The highest BCUT2D eigenvalue weighted by atomic mass is 16.6. The molecule has 7 nitrogen and oxygen atoms in total. The second-order valence-corrected chi connectivity index (χ2v) is 7.58. The highest BCUT2D eigenvalue weighted by molar-refractivity contribution is 5.94. The van der Waals surface area contributed by atoms with Crippen LogP contribution < -0.4 is 0 Å². The fraction of sp³-hybridized carbons (Fsp3) is 0.706. The summed E-state index contributed by atoms with van der Waals surface area (Å²) in [6, 6.07) is 0. The molecule has 0 spiro atoms. The Labute approximate surface area is 142 Å². The zero-order valence-corrected chi connectivity index (χ0v) is 15.0. The molecule has 1 aromatic heterocycles. The van der Waals surface area contributed by atoms with Crippen LogP contribution in [0.4, 0.5) is 4.79 Å².